The van der Waals surface area contributed by atoms with Gasteiger partial charge in [-0.2, -0.15) is 5.10 Å². The van der Waals surface area contributed by atoms with Crippen LogP contribution in [0.25, 0.3) is 16.6 Å². The first kappa shape index (κ1) is 18.4. The van der Waals surface area contributed by atoms with Gasteiger partial charge in [-0.3, -0.25) is 9.88 Å². The van der Waals surface area contributed by atoms with E-state index in [1.807, 2.05) is 12.3 Å². The highest BCUT2D eigenvalue weighted by Gasteiger charge is 2.16. The van der Waals surface area contributed by atoms with Gasteiger partial charge in [0, 0.05) is 35.9 Å². The quantitative estimate of drug-likeness (QED) is 0.497. The van der Waals surface area contributed by atoms with Crippen LogP contribution in [0, 0.1) is 20.8 Å². The van der Waals surface area contributed by atoms with Gasteiger partial charge in [0.2, 0.25) is 0 Å². The molecule has 2 aromatic carbocycles. The van der Waals surface area contributed by atoms with E-state index in [0.29, 0.717) is 0 Å². The van der Waals surface area contributed by atoms with Gasteiger partial charge in [-0.15, -0.1) is 0 Å². The predicted octanol–water partition coefficient (Wildman–Crippen LogP) is 4.98. The third-order valence-corrected chi connectivity index (χ3v) is 5.39. The lowest BCUT2D eigenvalue weighted by atomic mass is 10.1. The molecular formula is C24H26N4. The number of fused-ring (bicyclic) bond motifs is 1. The monoisotopic (exact) mass is 370 g/mol. The number of pyridine rings is 1. The van der Waals surface area contributed by atoms with Crippen molar-refractivity contribution in [3.8, 4) is 5.69 Å². The van der Waals surface area contributed by atoms with Crippen LogP contribution in [0.5, 0.6) is 0 Å². The van der Waals surface area contributed by atoms with Crippen molar-refractivity contribution < 1.29 is 0 Å². The Bertz CT molecular complexity index is 1120. The van der Waals surface area contributed by atoms with E-state index in [1.165, 1.54) is 27.8 Å². The normalized spacial score (nSPS) is 11.5. The Morgan fingerprint density at radius 1 is 0.893 bits per heavy atom. The maximum absolute atomic E-state index is 4.83. The minimum atomic E-state index is 0.861. The summed E-state index contributed by atoms with van der Waals surface area (Å²) in [5.41, 5.74) is 8.32. The first-order chi connectivity index (χ1) is 13.5. The lowest BCUT2D eigenvalue weighted by molar-refractivity contribution is 0.319. The molecule has 4 aromatic rings. The maximum atomic E-state index is 4.83. The molecule has 0 aliphatic heterocycles. The van der Waals surface area contributed by atoms with Crippen LogP contribution in [-0.2, 0) is 13.1 Å². The standard InChI is InChI=1S/C24H26N4/c1-17-9-5-6-13-24(17)28-19(3)22(18(2)26-28)16-27(4)15-20-10-7-12-23-21(20)11-8-14-25-23/h5-14H,15-16H2,1-4H3. The fourth-order valence-electron chi connectivity index (χ4n) is 3.86. The summed E-state index contributed by atoms with van der Waals surface area (Å²) in [6, 6.07) is 18.9. The molecule has 0 bridgehead atoms. The Morgan fingerprint density at radius 3 is 2.54 bits per heavy atom. The summed E-state index contributed by atoms with van der Waals surface area (Å²) < 4.78 is 2.08. The molecule has 0 saturated heterocycles. The maximum Gasteiger partial charge on any atom is 0.0705 e. The molecule has 0 aliphatic carbocycles. The molecule has 0 fully saturated rings. The molecular weight excluding hydrogens is 344 g/mol. The number of benzene rings is 2. The molecule has 0 atom stereocenters. The van der Waals surface area contributed by atoms with Gasteiger partial charge in [0.15, 0.2) is 0 Å². The summed E-state index contributed by atoms with van der Waals surface area (Å²) in [7, 11) is 2.17. The largest absolute Gasteiger partial charge is 0.298 e. The van der Waals surface area contributed by atoms with E-state index in [-0.39, 0.29) is 0 Å². The molecule has 0 N–H and O–H groups in total. The minimum Gasteiger partial charge on any atom is -0.298 e. The van der Waals surface area contributed by atoms with E-state index in [4.69, 9.17) is 5.10 Å². The van der Waals surface area contributed by atoms with E-state index in [2.05, 4.69) is 90.9 Å². The Balaban J connectivity index is 1.60. The summed E-state index contributed by atoms with van der Waals surface area (Å²) in [6.45, 7) is 8.13. The molecule has 4 rings (SSSR count). The van der Waals surface area contributed by atoms with E-state index >= 15 is 0 Å². The van der Waals surface area contributed by atoms with E-state index in [0.717, 1.165) is 30.0 Å². The lowest BCUT2D eigenvalue weighted by Crippen LogP contribution is -2.18. The van der Waals surface area contributed by atoms with Gasteiger partial charge in [0.05, 0.1) is 16.9 Å². The van der Waals surface area contributed by atoms with Crippen LogP contribution in [0.2, 0.25) is 0 Å². The van der Waals surface area contributed by atoms with Crippen LogP contribution in [0.3, 0.4) is 0 Å². The highest BCUT2D eigenvalue weighted by molar-refractivity contribution is 5.81. The topological polar surface area (TPSA) is 34.0 Å². The fraction of sp³-hybridized carbons (Fsp3) is 0.250. The molecule has 4 heteroatoms. The van der Waals surface area contributed by atoms with Crippen LogP contribution in [0.4, 0.5) is 0 Å². The number of rotatable bonds is 5. The Kier molecular flexibility index (Phi) is 4.97. The summed E-state index contributed by atoms with van der Waals surface area (Å²) in [5, 5.41) is 6.05. The first-order valence-electron chi connectivity index (χ1n) is 9.67. The number of aryl methyl sites for hydroxylation is 2. The second kappa shape index (κ2) is 7.56. The number of para-hydroxylation sites is 1. The molecule has 0 aliphatic rings. The van der Waals surface area contributed by atoms with Crippen LogP contribution in [-0.4, -0.2) is 26.7 Å². The summed E-state index contributed by atoms with van der Waals surface area (Å²) >= 11 is 0. The van der Waals surface area contributed by atoms with E-state index in [1.54, 1.807) is 0 Å². The van der Waals surface area contributed by atoms with Crippen molar-refractivity contribution in [1.82, 2.24) is 19.7 Å². The van der Waals surface area contributed by atoms with Gasteiger partial charge >= 0.3 is 0 Å². The molecule has 0 saturated carbocycles. The molecule has 0 spiro atoms. The number of nitrogens with zero attached hydrogens (tertiary/aromatic N) is 4. The van der Waals surface area contributed by atoms with E-state index < -0.39 is 0 Å². The second-order valence-corrected chi connectivity index (χ2v) is 7.51. The molecule has 2 aromatic heterocycles. The predicted molar refractivity (Wildman–Crippen MR) is 115 cm³/mol. The molecule has 0 unspecified atom stereocenters. The van der Waals surface area contributed by atoms with Gasteiger partial charge in [0.25, 0.3) is 0 Å². The number of hydrogen-bond acceptors (Lipinski definition) is 3. The molecule has 0 radical (unpaired) electrons. The Labute approximate surface area is 166 Å². The third kappa shape index (κ3) is 3.43. The second-order valence-electron chi connectivity index (χ2n) is 7.51. The average Bonchev–Trinajstić information content (AvgIpc) is 2.97. The summed E-state index contributed by atoms with van der Waals surface area (Å²) in [6.07, 6.45) is 1.85. The summed E-state index contributed by atoms with van der Waals surface area (Å²) in [5.74, 6) is 0. The highest BCUT2D eigenvalue weighted by atomic mass is 15.3. The van der Waals surface area contributed by atoms with Gasteiger partial charge in [0.1, 0.15) is 0 Å². The zero-order chi connectivity index (χ0) is 19.7. The van der Waals surface area contributed by atoms with E-state index in [9.17, 15) is 0 Å². The van der Waals surface area contributed by atoms with Crippen molar-refractivity contribution in [3.63, 3.8) is 0 Å². The first-order valence-corrected chi connectivity index (χ1v) is 9.67. The fourth-order valence-corrected chi connectivity index (χ4v) is 3.86. The van der Waals surface area contributed by atoms with Crippen molar-refractivity contribution in [2.24, 2.45) is 0 Å². The van der Waals surface area contributed by atoms with Gasteiger partial charge in [-0.05, 0) is 57.1 Å². The van der Waals surface area contributed by atoms with Crippen LogP contribution in [0.1, 0.15) is 28.1 Å². The van der Waals surface area contributed by atoms with Crippen molar-refractivity contribution in [2.45, 2.75) is 33.9 Å². The number of hydrogen-bond donors (Lipinski definition) is 0. The molecule has 0 amide bonds. The van der Waals surface area contributed by atoms with Crippen molar-refractivity contribution in [1.29, 1.82) is 0 Å². The van der Waals surface area contributed by atoms with Crippen LogP contribution in [0.15, 0.2) is 60.8 Å². The Morgan fingerprint density at radius 2 is 1.71 bits per heavy atom. The van der Waals surface area contributed by atoms with Crippen molar-refractivity contribution in [2.75, 3.05) is 7.05 Å². The minimum absolute atomic E-state index is 0.861. The van der Waals surface area contributed by atoms with Crippen molar-refractivity contribution in [3.05, 3.63) is 88.9 Å². The third-order valence-electron chi connectivity index (χ3n) is 5.39. The average molecular weight is 371 g/mol. The molecule has 4 nitrogen and oxygen atoms in total. The summed E-state index contributed by atoms with van der Waals surface area (Å²) in [4.78, 5) is 6.82. The smallest absolute Gasteiger partial charge is 0.0705 e. The SMILES string of the molecule is Cc1ccccc1-n1nc(C)c(CN(C)Cc2cccc3ncccc23)c1C. The lowest BCUT2D eigenvalue weighted by Gasteiger charge is -2.18. The molecule has 2 heterocycles. The van der Waals surface area contributed by atoms with Gasteiger partial charge in [-0.25, -0.2) is 4.68 Å². The Hall–Kier alpha value is -2.98. The molecule has 142 valence electrons. The highest BCUT2D eigenvalue weighted by Crippen LogP contribution is 2.23. The van der Waals surface area contributed by atoms with Crippen LogP contribution >= 0.6 is 0 Å². The van der Waals surface area contributed by atoms with Gasteiger partial charge in [-0.1, -0.05) is 36.4 Å². The zero-order valence-corrected chi connectivity index (χ0v) is 17.0. The zero-order valence-electron chi connectivity index (χ0n) is 17.0. The van der Waals surface area contributed by atoms with Crippen LogP contribution < -0.4 is 0 Å². The van der Waals surface area contributed by atoms with Gasteiger partial charge < -0.3 is 0 Å². The molecule has 28 heavy (non-hydrogen) atoms. The number of aromatic nitrogens is 3. The van der Waals surface area contributed by atoms with Crippen molar-refractivity contribution >= 4 is 10.9 Å².